The molecule has 0 saturated heterocycles. The molecule has 130 valence electrons. The summed E-state index contributed by atoms with van der Waals surface area (Å²) in [6.07, 6.45) is -4.39. The van der Waals surface area contributed by atoms with Gasteiger partial charge in [-0.3, -0.25) is 0 Å². The van der Waals surface area contributed by atoms with Crippen LogP contribution in [0.1, 0.15) is 11.1 Å². The molecule has 2 aromatic rings. The van der Waals surface area contributed by atoms with Gasteiger partial charge in [-0.15, -0.1) is 0 Å². The number of esters is 1. The van der Waals surface area contributed by atoms with Crippen molar-refractivity contribution in [1.82, 2.24) is 0 Å². The van der Waals surface area contributed by atoms with Crippen LogP contribution in [0.3, 0.4) is 0 Å². The Hall–Kier alpha value is -2.34. The van der Waals surface area contributed by atoms with E-state index in [1.165, 1.54) is 18.2 Å². The van der Waals surface area contributed by atoms with Crippen molar-refractivity contribution < 1.29 is 27.1 Å². The zero-order valence-corrected chi connectivity index (χ0v) is 13.4. The fourth-order valence-electron chi connectivity index (χ4n) is 2.76. The Labute approximate surface area is 145 Å². The third-order valence-electron chi connectivity index (χ3n) is 3.89. The quantitative estimate of drug-likeness (QED) is 0.563. The van der Waals surface area contributed by atoms with Crippen molar-refractivity contribution in [3.8, 4) is 0 Å². The first kappa shape index (κ1) is 17.5. The van der Waals surface area contributed by atoms with Crippen LogP contribution in [0.25, 0.3) is 0 Å². The van der Waals surface area contributed by atoms with Crippen molar-refractivity contribution >= 4 is 17.6 Å². The summed E-state index contributed by atoms with van der Waals surface area (Å²) in [7, 11) is 0. The average molecular weight is 371 g/mol. The van der Waals surface area contributed by atoms with Crippen molar-refractivity contribution in [3.05, 3.63) is 82.1 Å². The van der Waals surface area contributed by atoms with Gasteiger partial charge in [-0.1, -0.05) is 41.9 Å². The molecular formula is C18H11ClF4O2. The maximum absolute atomic E-state index is 14.3. The Bertz CT molecular complexity index is 843. The molecule has 0 spiro atoms. The van der Waals surface area contributed by atoms with E-state index in [0.29, 0.717) is 16.7 Å². The highest BCUT2D eigenvalue weighted by molar-refractivity contribution is 6.30. The normalized spacial score (nSPS) is 20.4. The van der Waals surface area contributed by atoms with Gasteiger partial charge in [0.2, 0.25) is 0 Å². The summed E-state index contributed by atoms with van der Waals surface area (Å²) in [5, 5.41) is 0.443. The zero-order chi connectivity index (χ0) is 18.2. The van der Waals surface area contributed by atoms with E-state index in [2.05, 4.69) is 0 Å². The van der Waals surface area contributed by atoms with Gasteiger partial charge in [0.15, 0.2) is 5.60 Å². The molecule has 0 fully saturated rings. The summed E-state index contributed by atoms with van der Waals surface area (Å²) in [5.41, 5.74) is -2.91. The van der Waals surface area contributed by atoms with E-state index in [-0.39, 0.29) is 12.0 Å². The highest BCUT2D eigenvalue weighted by Crippen LogP contribution is 2.43. The number of rotatable bonds is 3. The second kappa shape index (κ2) is 6.19. The average Bonchev–Trinajstić information content (AvgIpc) is 2.88. The topological polar surface area (TPSA) is 26.3 Å². The van der Waals surface area contributed by atoms with E-state index in [0.717, 1.165) is 6.07 Å². The van der Waals surface area contributed by atoms with E-state index in [1.807, 2.05) is 0 Å². The van der Waals surface area contributed by atoms with Crippen molar-refractivity contribution in [3.63, 3.8) is 0 Å². The molecule has 0 N–H and O–H groups in total. The molecule has 25 heavy (non-hydrogen) atoms. The first-order valence-electron chi connectivity index (χ1n) is 7.24. The Kier molecular flexibility index (Phi) is 4.33. The minimum atomic E-state index is -4.88. The summed E-state index contributed by atoms with van der Waals surface area (Å²) in [5.74, 6) is -2.28. The maximum Gasteiger partial charge on any atom is 0.423 e. The number of hydrogen-bond acceptors (Lipinski definition) is 2. The highest BCUT2D eigenvalue weighted by atomic mass is 35.5. The van der Waals surface area contributed by atoms with Crippen LogP contribution in [0.15, 0.2) is 60.2 Å². The number of cyclic esters (lactones) is 1. The van der Waals surface area contributed by atoms with E-state index in [4.69, 9.17) is 16.3 Å². The number of alkyl halides is 3. The van der Waals surface area contributed by atoms with Crippen LogP contribution < -0.4 is 0 Å². The van der Waals surface area contributed by atoms with Gasteiger partial charge in [-0.05, 0) is 29.8 Å². The highest BCUT2D eigenvalue weighted by Gasteiger charge is 2.52. The van der Waals surface area contributed by atoms with Crippen LogP contribution >= 0.6 is 11.6 Å². The maximum atomic E-state index is 14.3. The molecule has 2 aromatic carbocycles. The van der Waals surface area contributed by atoms with Crippen molar-refractivity contribution in [2.75, 3.05) is 0 Å². The second-order valence-electron chi connectivity index (χ2n) is 5.62. The van der Waals surface area contributed by atoms with E-state index < -0.39 is 29.1 Å². The molecule has 2 nitrogen and oxygen atoms in total. The predicted octanol–water partition coefficient (Wildman–Crippen LogP) is 4.96. The lowest BCUT2D eigenvalue weighted by atomic mass is 9.86. The summed E-state index contributed by atoms with van der Waals surface area (Å²) < 4.78 is 58.6. The van der Waals surface area contributed by atoms with Crippen molar-refractivity contribution in [2.24, 2.45) is 0 Å². The van der Waals surface area contributed by atoms with Gasteiger partial charge in [0.1, 0.15) is 11.4 Å². The van der Waals surface area contributed by atoms with Crippen LogP contribution in [0, 0.1) is 5.82 Å². The lowest BCUT2D eigenvalue weighted by molar-refractivity contribution is -0.155. The standard InChI is InChI=1S/C18H11ClF4O2/c19-12-7-5-11(6-8-12)9-17(13-3-1-2-4-15(13)20)10-14(16(24)25-17)18(21,22)23/h1-8,10H,9H2. The minimum absolute atomic E-state index is 0.141. The molecule has 0 saturated carbocycles. The predicted molar refractivity (Wildman–Crippen MR) is 83.5 cm³/mol. The lowest BCUT2D eigenvalue weighted by Crippen LogP contribution is -2.29. The fraction of sp³-hybridized carbons (Fsp3) is 0.167. The van der Waals surface area contributed by atoms with Crippen molar-refractivity contribution in [1.29, 1.82) is 0 Å². The summed E-state index contributed by atoms with van der Waals surface area (Å²) in [6, 6.07) is 11.5. The number of halogens is 5. The third-order valence-corrected chi connectivity index (χ3v) is 4.14. The van der Waals surface area contributed by atoms with Crippen LogP contribution in [0.2, 0.25) is 5.02 Å². The van der Waals surface area contributed by atoms with Crippen LogP contribution in [0.5, 0.6) is 0 Å². The smallest absolute Gasteiger partial charge is 0.423 e. The van der Waals surface area contributed by atoms with Crippen molar-refractivity contribution in [2.45, 2.75) is 18.2 Å². The molecule has 0 radical (unpaired) electrons. The van der Waals surface area contributed by atoms with Crippen LogP contribution in [-0.4, -0.2) is 12.1 Å². The van der Waals surface area contributed by atoms with Gasteiger partial charge >= 0.3 is 12.1 Å². The molecule has 1 unspecified atom stereocenters. The summed E-state index contributed by atoms with van der Waals surface area (Å²) in [6.45, 7) is 0. The molecular weight excluding hydrogens is 360 g/mol. The third kappa shape index (κ3) is 3.39. The Morgan fingerprint density at radius 1 is 1.04 bits per heavy atom. The van der Waals surface area contributed by atoms with E-state index in [1.54, 1.807) is 24.3 Å². The molecule has 1 aliphatic rings. The van der Waals surface area contributed by atoms with Gasteiger partial charge < -0.3 is 4.74 Å². The van der Waals surface area contributed by atoms with Gasteiger partial charge in [0.05, 0.1) is 0 Å². The van der Waals surface area contributed by atoms with Gasteiger partial charge in [-0.2, -0.15) is 13.2 Å². The first-order chi connectivity index (χ1) is 11.7. The summed E-state index contributed by atoms with van der Waals surface area (Å²) >= 11 is 5.81. The van der Waals surface area contributed by atoms with Crippen LogP contribution in [0.4, 0.5) is 17.6 Å². The molecule has 1 aliphatic heterocycles. The molecule has 1 heterocycles. The SMILES string of the molecule is O=C1OC(Cc2ccc(Cl)cc2)(c2ccccc2F)C=C1C(F)(F)F. The number of carbonyl (C=O) groups is 1. The molecule has 1 atom stereocenters. The van der Waals surface area contributed by atoms with Crippen LogP contribution in [-0.2, 0) is 21.6 Å². The Morgan fingerprint density at radius 3 is 2.24 bits per heavy atom. The molecule has 0 amide bonds. The largest absolute Gasteiger partial charge is 0.446 e. The number of carbonyl (C=O) groups excluding carboxylic acids is 1. The Balaban J connectivity index is 2.13. The van der Waals surface area contributed by atoms with Gasteiger partial charge in [-0.25, -0.2) is 9.18 Å². The minimum Gasteiger partial charge on any atom is -0.446 e. The second-order valence-corrected chi connectivity index (χ2v) is 6.05. The number of ether oxygens (including phenoxy) is 1. The molecule has 0 aliphatic carbocycles. The van der Waals surface area contributed by atoms with Gasteiger partial charge in [0, 0.05) is 17.0 Å². The first-order valence-corrected chi connectivity index (χ1v) is 7.62. The molecule has 0 aromatic heterocycles. The summed E-state index contributed by atoms with van der Waals surface area (Å²) in [4.78, 5) is 11.8. The zero-order valence-electron chi connectivity index (χ0n) is 12.6. The molecule has 7 heteroatoms. The Morgan fingerprint density at radius 2 is 1.68 bits per heavy atom. The monoisotopic (exact) mass is 370 g/mol. The number of benzene rings is 2. The van der Waals surface area contributed by atoms with E-state index >= 15 is 0 Å². The fourth-order valence-corrected chi connectivity index (χ4v) is 2.89. The van der Waals surface area contributed by atoms with Gasteiger partial charge in [0.25, 0.3) is 0 Å². The van der Waals surface area contributed by atoms with E-state index in [9.17, 15) is 22.4 Å². The number of hydrogen-bond donors (Lipinski definition) is 0. The lowest BCUT2D eigenvalue weighted by Gasteiger charge is -2.27. The molecule has 0 bridgehead atoms. The molecule has 3 rings (SSSR count).